The van der Waals surface area contributed by atoms with Gasteiger partial charge in [0.15, 0.2) is 0 Å². The number of rotatable bonds is 4. The zero-order chi connectivity index (χ0) is 9.80. The molecule has 14 heavy (non-hydrogen) atoms. The van der Waals surface area contributed by atoms with E-state index >= 15 is 0 Å². The van der Waals surface area contributed by atoms with E-state index in [1.165, 1.54) is 19.5 Å². The van der Waals surface area contributed by atoms with Crippen LogP contribution in [0.3, 0.4) is 0 Å². The fourth-order valence-electron chi connectivity index (χ4n) is 1.35. The van der Waals surface area contributed by atoms with Gasteiger partial charge in [-0.05, 0) is 31.6 Å². The van der Waals surface area contributed by atoms with Crippen molar-refractivity contribution in [2.45, 2.75) is 6.42 Å². The molecule has 3 nitrogen and oxygen atoms in total. The summed E-state index contributed by atoms with van der Waals surface area (Å²) in [7, 11) is 0. The summed E-state index contributed by atoms with van der Waals surface area (Å²) in [5.74, 6) is 0.787. The quantitative estimate of drug-likeness (QED) is 0.712. The lowest BCUT2D eigenvalue weighted by molar-refractivity contribution is 0.147. The third kappa shape index (κ3) is 2.59. The highest BCUT2D eigenvalue weighted by Crippen LogP contribution is 2.12. The van der Waals surface area contributed by atoms with Gasteiger partial charge in [-0.3, -0.25) is 4.90 Å². The molecule has 1 aliphatic heterocycles. The maximum absolute atomic E-state index is 5.65. The van der Waals surface area contributed by atoms with Crippen LogP contribution in [0.5, 0.6) is 5.75 Å². The first-order valence-electron chi connectivity index (χ1n) is 4.81. The SMILES string of the molecule is Clc1ccc(OCCN2CCC2)cn1. The highest BCUT2D eigenvalue weighted by molar-refractivity contribution is 6.29. The molecular formula is C10H13ClN2O. The molecule has 76 valence electrons. The molecule has 0 unspecified atom stereocenters. The third-order valence-corrected chi connectivity index (χ3v) is 2.55. The highest BCUT2D eigenvalue weighted by Gasteiger charge is 2.12. The molecule has 0 atom stereocenters. The molecule has 4 heteroatoms. The van der Waals surface area contributed by atoms with E-state index in [1.54, 1.807) is 12.3 Å². The number of likely N-dealkylation sites (tertiary alicyclic amines) is 1. The summed E-state index contributed by atoms with van der Waals surface area (Å²) >= 11 is 5.65. The monoisotopic (exact) mass is 212 g/mol. The van der Waals surface area contributed by atoms with Gasteiger partial charge in [-0.25, -0.2) is 4.98 Å². The first-order valence-corrected chi connectivity index (χ1v) is 5.19. The van der Waals surface area contributed by atoms with E-state index in [-0.39, 0.29) is 0 Å². The lowest BCUT2D eigenvalue weighted by Gasteiger charge is -2.30. The summed E-state index contributed by atoms with van der Waals surface area (Å²) in [6.45, 7) is 4.15. The van der Waals surface area contributed by atoms with E-state index in [9.17, 15) is 0 Å². The van der Waals surface area contributed by atoms with Crippen molar-refractivity contribution in [3.05, 3.63) is 23.5 Å². The van der Waals surface area contributed by atoms with Crippen LogP contribution in [0, 0.1) is 0 Å². The predicted molar refractivity (Wildman–Crippen MR) is 55.8 cm³/mol. The number of halogens is 1. The van der Waals surface area contributed by atoms with E-state index < -0.39 is 0 Å². The summed E-state index contributed by atoms with van der Waals surface area (Å²) in [5.41, 5.74) is 0. The molecule has 1 aromatic heterocycles. The Morgan fingerprint density at radius 1 is 1.43 bits per heavy atom. The summed E-state index contributed by atoms with van der Waals surface area (Å²) in [4.78, 5) is 6.30. The Kier molecular flexibility index (Phi) is 3.22. The van der Waals surface area contributed by atoms with E-state index in [2.05, 4.69) is 9.88 Å². The van der Waals surface area contributed by atoms with E-state index in [0.29, 0.717) is 5.15 Å². The number of aromatic nitrogens is 1. The van der Waals surface area contributed by atoms with Gasteiger partial charge < -0.3 is 4.74 Å². The number of hydrogen-bond donors (Lipinski definition) is 0. The molecule has 0 aromatic carbocycles. The minimum Gasteiger partial charge on any atom is -0.491 e. The van der Waals surface area contributed by atoms with Crippen molar-refractivity contribution in [1.82, 2.24) is 9.88 Å². The highest BCUT2D eigenvalue weighted by atomic mass is 35.5. The number of nitrogens with zero attached hydrogens (tertiary/aromatic N) is 2. The Labute approximate surface area is 88.6 Å². The van der Waals surface area contributed by atoms with Gasteiger partial charge in [0.1, 0.15) is 17.5 Å². The van der Waals surface area contributed by atoms with Crippen molar-refractivity contribution in [2.75, 3.05) is 26.2 Å². The normalized spacial score (nSPS) is 16.4. The fourth-order valence-corrected chi connectivity index (χ4v) is 1.46. The van der Waals surface area contributed by atoms with Crippen LogP contribution in [0.25, 0.3) is 0 Å². The summed E-state index contributed by atoms with van der Waals surface area (Å²) in [6, 6.07) is 3.58. The number of hydrogen-bond acceptors (Lipinski definition) is 3. The van der Waals surface area contributed by atoms with Crippen LogP contribution in [0.4, 0.5) is 0 Å². The van der Waals surface area contributed by atoms with Gasteiger partial charge in [0.25, 0.3) is 0 Å². The van der Waals surface area contributed by atoms with E-state index in [0.717, 1.165) is 18.9 Å². The van der Waals surface area contributed by atoms with Crippen molar-refractivity contribution in [2.24, 2.45) is 0 Å². The zero-order valence-electron chi connectivity index (χ0n) is 7.95. The predicted octanol–water partition coefficient (Wildman–Crippen LogP) is 1.82. The Hall–Kier alpha value is -0.800. The van der Waals surface area contributed by atoms with Gasteiger partial charge in [-0.1, -0.05) is 11.6 Å². The average Bonchev–Trinajstić information content (AvgIpc) is 2.12. The van der Waals surface area contributed by atoms with Gasteiger partial charge in [-0.2, -0.15) is 0 Å². The maximum Gasteiger partial charge on any atom is 0.137 e. The van der Waals surface area contributed by atoms with Crippen LogP contribution in [-0.4, -0.2) is 36.1 Å². The Balaban J connectivity index is 1.71. The molecule has 1 saturated heterocycles. The molecule has 1 aliphatic rings. The van der Waals surface area contributed by atoms with Gasteiger partial charge in [-0.15, -0.1) is 0 Å². The Bertz CT molecular complexity index is 285. The van der Waals surface area contributed by atoms with Gasteiger partial charge >= 0.3 is 0 Å². The number of ether oxygens (including phenoxy) is 1. The topological polar surface area (TPSA) is 25.4 Å². The molecular weight excluding hydrogens is 200 g/mol. The molecule has 1 aromatic rings. The molecule has 0 amide bonds. The molecule has 0 bridgehead atoms. The second-order valence-electron chi connectivity index (χ2n) is 3.36. The molecule has 0 spiro atoms. The van der Waals surface area contributed by atoms with E-state index in [4.69, 9.17) is 16.3 Å². The van der Waals surface area contributed by atoms with E-state index in [1.807, 2.05) is 6.07 Å². The van der Waals surface area contributed by atoms with Crippen molar-refractivity contribution in [3.8, 4) is 5.75 Å². The molecule has 2 heterocycles. The number of pyridine rings is 1. The minimum atomic E-state index is 0.500. The maximum atomic E-state index is 5.65. The Morgan fingerprint density at radius 3 is 2.86 bits per heavy atom. The summed E-state index contributed by atoms with van der Waals surface area (Å²) in [6.07, 6.45) is 2.97. The van der Waals surface area contributed by atoms with Crippen LogP contribution < -0.4 is 4.74 Å². The lowest BCUT2D eigenvalue weighted by Crippen LogP contribution is -2.39. The van der Waals surface area contributed by atoms with Crippen molar-refractivity contribution in [1.29, 1.82) is 0 Å². The summed E-state index contributed by atoms with van der Waals surface area (Å²) in [5, 5.41) is 0.500. The molecule has 0 aliphatic carbocycles. The van der Waals surface area contributed by atoms with Gasteiger partial charge in [0.05, 0.1) is 6.20 Å². The van der Waals surface area contributed by atoms with Crippen molar-refractivity contribution in [3.63, 3.8) is 0 Å². The largest absolute Gasteiger partial charge is 0.491 e. The second kappa shape index (κ2) is 4.62. The molecule has 2 rings (SSSR count). The third-order valence-electron chi connectivity index (χ3n) is 2.33. The van der Waals surface area contributed by atoms with Gasteiger partial charge in [0.2, 0.25) is 0 Å². The lowest BCUT2D eigenvalue weighted by atomic mass is 10.2. The molecule has 0 N–H and O–H groups in total. The fraction of sp³-hybridized carbons (Fsp3) is 0.500. The van der Waals surface area contributed by atoms with Crippen LogP contribution in [0.1, 0.15) is 6.42 Å². The van der Waals surface area contributed by atoms with Gasteiger partial charge in [0, 0.05) is 6.54 Å². The molecule has 1 fully saturated rings. The first kappa shape index (κ1) is 9.74. The molecule has 0 saturated carbocycles. The Morgan fingerprint density at radius 2 is 2.29 bits per heavy atom. The smallest absolute Gasteiger partial charge is 0.137 e. The molecule has 0 radical (unpaired) electrons. The standard InChI is InChI=1S/C10H13ClN2O/c11-10-3-2-9(8-12-10)14-7-6-13-4-1-5-13/h2-3,8H,1,4-7H2. The van der Waals surface area contributed by atoms with Crippen LogP contribution in [0.15, 0.2) is 18.3 Å². The van der Waals surface area contributed by atoms with Crippen LogP contribution in [0.2, 0.25) is 5.15 Å². The summed E-state index contributed by atoms with van der Waals surface area (Å²) < 4.78 is 5.50. The first-order chi connectivity index (χ1) is 6.84. The van der Waals surface area contributed by atoms with Crippen molar-refractivity contribution >= 4 is 11.6 Å². The average molecular weight is 213 g/mol. The van der Waals surface area contributed by atoms with Crippen LogP contribution >= 0.6 is 11.6 Å². The van der Waals surface area contributed by atoms with Crippen molar-refractivity contribution < 1.29 is 4.74 Å². The zero-order valence-corrected chi connectivity index (χ0v) is 8.70. The second-order valence-corrected chi connectivity index (χ2v) is 3.75. The van der Waals surface area contributed by atoms with Crippen LogP contribution in [-0.2, 0) is 0 Å². The minimum absolute atomic E-state index is 0.500.